The number of hydrogen-bond acceptors (Lipinski definition) is 3. The van der Waals surface area contributed by atoms with Crippen molar-refractivity contribution in [3.05, 3.63) is 104 Å². The van der Waals surface area contributed by atoms with Gasteiger partial charge in [0.1, 0.15) is 5.82 Å². The maximum absolute atomic E-state index is 15.9. The average Bonchev–Trinajstić information content (AvgIpc) is 3.19. The van der Waals surface area contributed by atoms with E-state index in [9.17, 15) is 9.59 Å². The molecule has 0 radical (unpaired) electrons. The number of ketones is 1. The molecule has 36 heavy (non-hydrogen) atoms. The Morgan fingerprint density at radius 2 is 1.64 bits per heavy atom. The van der Waals surface area contributed by atoms with E-state index in [1.807, 2.05) is 31.2 Å². The third-order valence-corrected chi connectivity index (χ3v) is 7.69. The molecule has 0 aliphatic carbocycles. The minimum Gasteiger partial charge on any atom is -0.381 e. The summed E-state index contributed by atoms with van der Waals surface area (Å²) in [5.74, 6) is -1.22. The molecular formula is C29H26Cl2FNO3. The van der Waals surface area contributed by atoms with Crippen LogP contribution in [0.2, 0.25) is 10.0 Å². The minimum absolute atomic E-state index is 0.140. The van der Waals surface area contributed by atoms with Crippen molar-refractivity contribution in [2.75, 3.05) is 13.2 Å². The summed E-state index contributed by atoms with van der Waals surface area (Å²) >= 11 is 12.2. The Morgan fingerprint density at radius 1 is 1.03 bits per heavy atom. The lowest BCUT2D eigenvalue weighted by Crippen LogP contribution is -2.33. The smallest absolute Gasteiger partial charge is 0.255 e. The van der Waals surface area contributed by atoms with Crippen molar-refractivity contribution >= 4 is 34.9 Å². The van der Waals surface area contributed by atoms with Crippen LogP contribution in [0.3, 0.4) is 0 Å². The van der Waals surface area contributed by atoms with E-state index in [0.29, 0.717) is 48.1 Å². The molecule has 3 aromatic carbocycles. The lowest BCUT2D eigenvalue weighted by Gasteiger charge is -2.34. The predicted octanol–water partition coefficient (Wildman–Crippen LogP) is 7.44. The van der Waals surface area contributed by atoms with Gasteiger partial charge in [-0.15, -0.1) is 0 Å². The lowest BCUT2D eigenvalue weighted by atomic mass is 9.88. The van der Waals surface area contributed by atoms with Crippen LogP contribution in [-0.2, 0) is 4.74 Å². The molecule has 0 aromatic heterocycles. The molecule has 3 aromatic rings. The number of carbonyl (C=O) groups excluding carboxylic acids is 2. The Labute approximate surface area is 220 Å². The van der Waals surface area contributed by atoms with Gasteiger partial charge in [-0.2, -0.15) is 0 Å². The van der Waals surface area contributed by atoms with Crippen LogP contribution >= 0.6 is 23.2 Å². The van der Waals surface area contributed by atoms with E-state index in [0.717, 1.165) is 11.1 Å². The normalized spacial score (nSPS) is 18.8. The van der Waals surface area contributed by atoms with Gasteiger partial charge in [-0.1, -0.05) is 54.4 Å². The first-order valence-corrected chi connectivity index (χ1v) is 12.9. The zero-order chi connectivity index (χ0) is 25.4. The van der Waals surface area contributed by atoms with Crippen molar-refractivity contribution in [3.8, 4) is 0 Å². The van der Waals surface area contributed by atoms with Crippen LogP contribution in [0.1, 0.15) is 75.7 Å². The Balaban J connectivity index is 1.62. The number of hydrogen-bond donors (Lipinski definition) is 0. The molecule has 2 unspecified atom stereocenters. The Bertz CT molecular complexity index is 1290. The second kappa shape index (κ2) is 10.3. The van der Waals surface area contributed by atoms with Gasteiger partial charge in [-0.3, -0.25) is 9.59 Å². The summed E-state index contributed by atoms with van der Waals surface area (Å²) < 4.78 is 21.2. The first kappa shape index (κ1) is 24.9. The van der Waals surface area contributed by atoms with Crippen molar-refractivity contribution in [1.29, 1.82) is 0 Å². The van der Waals surface area contributed by atoms with Crippen molar-refractivity contribution in [1.82, 2.24) is 4.90 Å². The third-order valence-electron chi connectivity index (χ3n) is 7.19. The van der Waals surface area contributed by atoms with E-state index in [1.54, 1.807) is 35.2 Å². The zero-order valence-corrected chi connectivity index (χ0v) is 21.4. The van der Waals surface area contributed by atoms with Gasteiger partial charge in [-0.05, 0) is 66.8 Å². The van der Waals surface area contributed by atoms with Crippen LogP contribution in [0.15, 0.2) is 60.7 Å². The van der Waals surface area contributed by atoms with Gasteiger partial charge in [0.2, 0.25) is 0 Å². The standard InChI is InChI=1S/C29H26Cl2FNO3/c1-2-25(17-3-7-21(30)8-4-17)33-27(18-5-9-22(31)10-6-18)26-23(29(33)35)15-20(16-24(26)32)28(34)19-11-13-36-14-12-19/h3-10,15-16,19,25,27H,2,11-14H2,1H3. The van der Waals surface area contributed by atoms with Crippen LogP contribution in [0, 0.1) is 11.7 Å². The van der Waals surface area contributed by atoms with Gasteiger partial charge in [0.05, 0.1) is 12.1 Å². The number of fused-ring (bicyclic) bond motifs is 1. The van der Waals surface area contributed by atoms with E-state index in [2.05, 4.69) is 0 Å². The first-order valence-electron chi connectivity index (χ1n) is 12.2. The highest BCUT2D eigenvalue weighted by Crippen LogP contribution is 2.46. The number of nitrogens with zero attached hydrogens (tertiary/aromatic N) is 1. The number of carbonyl (C=O) groups is 2. The number of benzene rings is 3. The topological polar surface area (TPSA) is 46.6 Å². The summed E-state index contributed by atoms with van der Waals surface area (Å²) in [4.78, 5) is 28.9. The molecular weight excluding hydrogens is 500 g/mol. The summed E-state index contributed by atoms with van der Waals surface area (Å²) in [5.41, 5.74) is 2.42. The molecule has 0 saturated carbocycles. The lowest BCUT2D eigenvalue weighted by molar-refractivity contribution is 0.0544. The summed E-state index contributed by atoms with van der Waals surface area (Å²) in [6.45, 7) is 3.01. The maximum atomic E-state index is 15.9. The molecule has 2 atom stereocenters. The van der Waals surface area contributed by atoms with Crippen molar-refractivity contribution < 1.29 is 18.7 Å². The molecule has 2 heterocycles. The van der Waals surface area contributed by atoms with E-state index in [1.165, 1.54) is 6.07 Å². The minimum atomic E-state index is -0.655. The predicted molar refractivity (Wildman–Crippen MR) is 138 cm³/mol. The zero-order valence-electron chi connectivity index (χ0n) is 19.8. The van der Waals surface area contributed by atoms with Crippen LogP contribution in [0.25, 0.3) is 0 Å². The van der Waals surface area contributed by atoms with Crippen LogP contribution < -0.4 is 0 Å². The van der Waals surface area contributed by atoms with Gasteiger partial charge in [0.25, 0.3) is 5.91 Å². The van der Waals surface area contributed by atoms with Crippen LogP contribution in [-0.4, -0.2) is 29.8 Å². The molecule has 1 amide bonds. The monoisotopic (exact) mass is 525 g/mol. The fourth-order valence-electron chi connectivity index (χ4n) is 5.38. The highest BCUT2D eigenvalue weighted by atomic mass is 35.5. The molecule has 0 spiro atoms. The highest BCUT2D eigenvalue weighted by Gasteiger charge is 2.44. The van der Waals surface area contributed by atoms with Gasteiger partial charge < -0.3 is 9.64 Å². The molecule has 0 N–H and O–H groups in total. The molecule has 7 heteroatoms. The average molecular weight is 526 g/mol. The summed E-state index contributed by atoms with van der Waals surface area (Å²) in [6, 6.07) is 16.4. The number of rotatable bonds is 6. The molecule has 186 valence electrons. The fraction of sp³-hybridized carbons (Fsp3) is 0.310. The van der Waals surface area contributed by atoms with E-state index < -0.39 is 11.9 Å². The molecule has 0 bridgehead atoms. The first-order chi connectivity index (χ1) is 17.4. The number of ether oxygens (including phenoxy) is 1. The molecule has 1 fully saturated rings. The largest absolute Gasteiger partial charge is 0.381 e. The molecule has 4 nitrogen and oxygen atoms in total. The van der Waals surface area contributed by atoms with Crippen molar-refractivity contribution in [2.24, 2.45) is 5.92 Å². The maximum Gasteiger partial charge on any atom is 0.255 e. The summed E-state index contributed by atoms with van der Waals surface area (Å²) in [6.07, 6.45) is 1.81. The van der Waals surface area contributed by atoms with Crippen LogP contribution in [0.5, 0.6) is 0 Å². The Kier molecular flexibility index (Phi) is 7.16. The van der Waals surface area contributed by atoms with Gasteiger partial charge in [-0.25, -0.2) is 4.39 Å². The van der Waals surface area contributed by atoms with Crippen LogP contribution in [0.4, 0.5) is 4.39 Å². The van der Waals surface area contributed by atoms with E-state index >= 15 is 4.39 Å². The van der Waals surface area contributed by atoms with E-state index in [4.69, 9.17) is 27.9 Å². The van der Waals surface area contributed by atoms with Gasteiger partial charge >= 0.3 is 0 Å². The Morgan fingerprint density at radius 3 is 2.25 bits per heavy atom. The molecule has 5 rings (SSSR count). The molecule has 2 aliphatic rings. The van der Waals surface area contributed by atoms with E-state index in [-0.39, 0.29) is 34.8 Å². The van der Waals surface area contributed by atoms with Gasteiger partial charge in [0, 0.05) is 45.9 Å². The molecule has 1 saturated heterocycles. The quantitative estimate of drug-likeness (QED) is 0.314. The highest BCUT2D eigenvalue weighted by molar-refractivity contribution is 6.30. The van der Waals surface area contributed by atoms with Crippen molar-refractivity contribution in [3.63, 3.8) is 0 Å². The Hall–Kier alpha value is -2.73. The third kappa shape index (κ3) is 4.56. The molecule has 2 aliphatic heterocycles. The van der Waals surface area contributed by atoms with Crippen molar-refractivity contribution in [2.45, 2.75) is 38.3 Å². The SMILES string of the molecule is CCC(c1ccc(Cl)cc1)N1C(=O)c2cc(C(=O)C3CCOCC3)cc(F)c2C1c1ccc(Cl)cc1. The second-order valence-corrected chi connectivity index (χ2v) is 10.2. The number of Topliss-reactive ketones (excluding diaryl/α,β-unsaturated/α-hetero) is 1. The number of amides is 1. The number of halogens is 3. The van der Waals surface area contributed by atoms with Gasteiger partial charge in [0.15, 0.2) is 5.78 Å². The summed E-state index contributed by atoms with van der Waals surface area (Å²) in [5, 5.41) is 1.15. The fourth-order valence-corrected chi connectivity index (χ4v) is 5.63. The summed E-state index contributed by atoms with van der Waals surface area (Å²) in [7, 11) is 0. The second-order valence-electron chi connectivity index (χ2n) is 9.31.